The van der Waals surface area contributed by atoms with Crippen molar-refractivity contribution >= 4 is 0 Å². The van der Waals surface area contributed by atoms with E-state index in [-0.39, 0.29) is 5.82 Å². The van der Waals surface area contributed by atoms with Crippen LogP contribution in [0.5, 0.6) is 0 Å². The molecule has 0 amide bonds. The number of ether oxygens (including phenoxy) is 2. The van der Waals surface area contributed by atoms with Gasteiger partial charge in [-0.3, -0.25) is 0 Å². The maximum atomic E-state index is 12.9. The van der Waals surface area contributed by atoms with E-state index in [0.717, 1.165) is 11.3 Å². The van der Waals surface area contributed by atoms with Crippen molar-refractivity contribution in [1.29, 1.82) is 0 Å². The lowest BCUT2D eigenvalue weighted by Gasteiger charge is -2.14. The fourth-order valence-corrected chi connectivity index (χ4v) is 1.62. The largest absolute Gasteiger partial charge is 0.354 e. The number of halogens is 1. The van der Waals surface area contributed by atoms with Crippen molar-refractivity contribution in [2.24, 2.45) is 0 Å². The molecule has 0 fully saturated rings. The van der Waals surface area contributed by atoms with Crippen LogP contribution < -0.4 is 0 Å². The summed E-state index contributed by atoms with van der Waals surface area (Å²) in [6.45, 7) is 0.416. The third-order valence-electron chi connectivity index (χ3n) is 2.61. The molecule has 0 aliphatic carbocycles. The molecular weight excluding hydrogens is 237 g/mol. The summed E-state index contributed by atoms with van der Waals surface area (Å²) in [7, 11) is 3.12. The molecule has 18 heavy (non-hydrogen) atoms. The van der Waals surface area contributed by atoms with Crippen molar-refractivity contribution in [3.8, 4) is 11.3 Å². The van der Waals surface area contributed by atoms with Crippen LogP contribution in [0.1, 0.15) is 0 Å². The Labute approximate surface area is 104 Å². The second-order valence-corrected chi connectivity index (χ2v) is 3.71. The maximum Gasteiger partial charge on any atom is 0.176 e. The lowest BCUT2D eigenvalue weighted by Crippen LogP contribution is -2.21. The second kappa shape index (κ2) is 5.70. The normalized spacial score (nSPS) is 11.1. The van der Waals surface area contributed by atoms with Crippen molar-refractivity contribution < 1.29 is 13.9 Å². The molecule has 2 rings (SSSR count). The van der Waals surface area contributed by atoms with Crippen LogP contribution in [0.4, 0.5) is 4.39 Å². The number of nitrogens with zero attached hydrogens (tertiary/aromatic N) is 3. The number of benzene rings is 1. The van der Waals surface area contributed by atoms with Gasteiger partial charge in [0.2, 0.25) is 0 Å². The average Bonchev–Trinajstić information content (AvgIpc) is 2.85. The van der Waals surface area contributed by atoms with Gasteiger partial charge in [-0.15, -0.1) is 5.10 Å². The van der Waals surface area contributed by atoms with Gasteiger partial charge in [0.05, 0.1) is 18.4 Å². The molecule has 1 aromatic heterocycles. The first-order valence-corrected chi connectivity index (χ1v) is 5.44. The van der Waals surface area contributed by atoms with Crippen molar-refractivity contribution in [2.45, 2.75) is 12.8 Å². The average molecular weight is 251 g/mol. The Bertz CT molecular complexity index is 494. The van der Waals surface area contributed by atoms with Crippen LogP contribution in [0.2, 0.25) is 0 Å². The third-order valence-corrected chi connectivity index (χ3v) is 2.61. The van der Waals surface area contributed by atoms with E-state index in [1.165, 1.54) is 12.1 Å². The third kappa shape index (κ3) is 2.72. The summed E-state index contributed by atoms with van der Waals surface area (Å²) in [4.78, 5) is 0. The highest BCUT2D eigenvalue weighted by atomic mass is 19.1. The highest BCUT2D eigenvalue weighted by Crippen LogP contribution is 2.18. The number of rotatable bonds is 5. The van der Waals surface area contributed by atoms with Crippen LogP contribution in [-0.2, 0) is 16.0 Å². The number of aromatic nitrogens is 3. The number of hydrogen-bond acceptors (Lipinski definition) is 4. The van der Waals surface area contributed by atoms with Gasteiger partial charge in [-0.25, -0.2) is 9.07 Å². The number of hydrogen-bond donors (Lipinski definition) is 0. The summed E-state index contributed by atoms with van der Waals surface area (Å²) in [5, 5.41) is 7.81. The summed E-state index contributed by atoms with van der Waals surface area (Å²) in [5.41, 5.74) is 1.63. The van der Waals surface area contributed by atoms with Crippen LogP contribution in [0.15, 0.2) is 30.5 Å². The molecule has 0 radical (unpaired) electrons. The Morgan fingerprint density at radius 2 is 1.89 bits per heavy atom. The Kier molecular flexibility index (Phi) is 4.01. The van der Waals surface area contributed by atoms with Crippen LogP contribution in [0, 0.1) is 5.82 Å². The Morgan fingerprint density at radius 1 is 1.22 bits per heavy atom. The first kappa shape index (κ1) is 12.7. The van der Waals surface area contributed by atoms with Gasteiger partial charge in [0.25, 0.3) is 0 Å². The zero-order valence-corrected chi connectivity index (χ0v) is 10.2. The molecule has 0 saturated heterocycles. The molecule has 0 atom stereocenters. The van der Waals surface area contributed by atoms with E-state index in [9.17, 15) is 4.39 Å². The molecule has 1 aromatic carbocycles. The molecule has 6 heteroatoms. The van der Waals surface area contributed by atoms with E-state index < -0.39 is 6.29 Å². The Morgan fingerprint density at radius 3 is 2.50 bits per heavy atom. The summed E-state index contributed by atoms with van der Waals surface area (Å²) in [6, 6.07) is 6.16. The van der Waals surface area contributed by atoms with Gasteiger partial charge in [0, 0.05) is 19.8 Å². The monoisotopic (exact) mass is 251 g/mol. The molecule has 0 unspecified atom stereocenters. The topological polar surface area (TPSA) is 49.2 Å². The minimum absolute atomic E-state index is 0.274. The minimum Gasteiger partial charge on any atom is -0.354 e. The predicted octanol–water partition coefficient (Wildman–Crippen LogP) is 1.70. The zero-order chi connectivity index (χ0) is 13.0. The SMILES string of the molecule is COC(Cn1nncc1-c1ccc(F)cc1)OC. The molecule has 0 N–H and O–H groups in total. The fourth-order valence-electron chi connectivity index (χ4n) is 1.62. The molecule has 96 valence electrons. The molecule has 0 aliphatic rings. The summed E-state index contributed by atoms with van der Waals surface area (Å²) < 4.78 is 24.8. The van der Waals surface area contributed by atoms with Gasteiger partial charge in [0.15, 0.2) is 6.29 Å². The van der Waals surface area contributed by atoms with Gasteiger partial charge in [-0.05, 0) is 24.3 Å². The zero-order valence-electron chi connectivity index (χ0n) is 10.2. The van der Waals surface area contributed by atoms with Crippen molar-refractivity contribution in [1.82, 2.24) is 15.0 Å². The van der Waals surface area contributed by atoms with Gasteiger partial charge >= 0.3 is 0 Å². The van der Waals surface area contributed by atoms with Crippen LogP contribution in [0.3, 0.4) is 0 Å². The summed E-state index contributed by atoms with van der Waals surface area (Å²) >= 11 is 0. The quantitative estimate of drug-likeness (QED) is 0.759. The van der Waals surface area contributed by atoms with Gasteiger partial charge in [-0.2, -0.15) is 0 Å². The highest BCUT2D eigenvalue weighted by Gasteiger charge is 2.12. The number of methoxy groups -OCH3 is 2. The molecular formula is C12H14FN3O2. The van der Waals surface area contributed by atoms with Crippen molar-refractivity contribution in [3.05, 3.63) is 36.3 Å². The fraction of sp³-hybridized carbons (Fsp3) is 0.333. The molecule has 2 aromatic rings. The van der Waals surface area contributed by atoms with Gasteiger partial charge in [0.1, 0.15) is 5.82 Å². The smallest absolute Gasteiger partial charge is 0.176 e. The van der Waals surface area contributed by atoms with Crippen molar-refractivity contribution in [3.63, 3.8) is 0 Å². The summed E-state index contributed by atoms with van der Waals surface area (Å²) in [5.74, 6) is -0.274. The Balaban J connectivity index is 2.24. The summed E-state index contributed by atoms with van der Waals surface area (Å²) in [6.07, 6.45) is 1.22. The van der Waals surface area contributed by atoms with E-state index in [1.807, 2.05) is 0 Å². The first-order chi connectivity index (χ1) is 8.74. The standard InChI is InChI=1S/C12H14FN3O2/c1-17-12(18-2)8-16-11(7-14-15-16)9-3-5-10(13)6-4-9/h3-7,12H,8H2,1-2H3. The van der Waals surface area contributed by atoms with Crippen molar-refractivity contribution in [2.75, 3.05) is 14.2 Å². The first-order valence-electron chi connectivity index (χ1n) is 5.44. The minimum atomic E-state index is -0.397. The maximum absolute atomic E-state index is 12.9. The van der Waals surface area contributed by atoms with E-state index in [0.29, 0.717) is 6.54 Å². The molecule has 0 spiro atoms. The van der Waals surface area contributed by atoms with Crippen LogP contribution in [0.25, 0.3) is 11.3 Å². The molecule has 0 bridgehead atoms. The van der Waals surface area contributed by atoms with Gasteiger partial charge < -0.3 is 9.47 Å². The van der Waals surface area contributed by atoms with Crippen LogP contribution >= 0.6 is 0 Å². The van der Waals surface area contributed by atoms with E-state index in [4.69, 9.17) is 9.47 Å². The molecule has 0 saturated carbocycles. The van der Waals surface area contributed by atoms with Gasteiger partial charge in [-0.1, -0.05) is 5.21 Å². The lowest BCUT2D eigenvalue weighted by atomic mass is 10.1. The molecule has 1 heterocycles. The lowest BCUT2D eigenvalue weighted by molar-refractivity contribution is -0.112. The molecule has 5 nitrogen and oxygen atoms in total. The second-order valence-electron chi connectivity index (χ2n) is 3.71. The van der Waals surface area contributed by atoms with E-state index in [2.05, 4.69) is 10.3 Å². The van der Waals surface area contributed by atoms with Crippen LogP contribution in [-0.4, -0.2) is 35.5 Å². The predicted molar refractivity (Wildman–Crippen MR) is 63.2 cm³/mol. The van der Waals surface area contributed by atoms with E-state index in [1.54, 1.807) is 37.2 Å². The Hall–Kier alpha value is -1.79. The highest BCUT2D eigenvalue weighted by molar-refractivity contribution is 5.57. The molecule has 0 aliphatic heterocycles. The van der Waals surface area contributed by atoms with E-state index >= 15 is 0 Å².